The maximum Gasteiger partial charge on any atom is 0.417 e. The first-order valence-corrected chi connectivity index (χ1v) is 13.2. The van der Waals surface area contributed by atoms with E-state index in [1.807, 2.05) is 0 Å². The topological polar surface area (TPSA) is 128 Å². The summed E-state index contributed by atoms with van der Waals surface area (Å²) in [6.07, 6.45) is -1.46. The molecule has 9 nitrogen and oxygen atoms in total. The number of hydrogen-bond acceptors (Lipinski definition) is 7. The van der Waals surface area contributed by atoms with E-state index in [4.69, 9.17) is 26.8 Å². The van der Waals surface area contributed by atoms with Gasteiger partial charge in [-0.2, -0.15) is 13.2 Å². The summed E-state index contributed by atoms with van der Waals surface area (Å²) in [7, 11) is 1.50. The van der Waals surface area contributed by atoms with E-state index in [2.05, 4.69) is 20.9 Å². The van der Waals surface area contributed by atoms with Gasteiger partial charge in [0.25, 0.3) is 0 Å². The highest BCUT2D eigenvalue weighted by Gasteiger charge is 2.39. The molecule has 0 spiro atoms. The number of hydrogen-bond donors (Lipinski definition) is 4. The number of amides is 2. The van der Waals surface area contributed by atoms with E-state index in [1.165, 1.54) is 25.4 Å². The van der Waals surface area contributed by atoms with Crippen molar-refractivity contribution in [1.82, 2.24) is 4.98 Å². The molecule has 1 aliphatic rings. The Hall–Kier alpha value is -4.62. The fraction of sp³-hybridized carbons (Fsp3) is 0.207. The molecule has 0 atom stereocenters. The zero-order valence-electron chi connectivity index (χ0n) is 22.4. The molecule has 0 radical (unpaired) electrons. The van der Waals surface area contributed by atoms with Crippen molar-refractivity contribution in [2.75, 3.05) is 29.7 Å². The zero-order valence-corrected chi connectivity index (χ0v) is 23.2. The molecule has 14 heteroatoms. The van der Waals surface area contributed by atoms with Gasteiger partial charge in [0.15, 0.2) is 11.5 Å². The van der Waals surface area contributed by atoms with Gasteiger partial charge in [-0.15, -0.1) is 0 Å². The third-order valence-corrected chi connectivity index (χ3v) is 7.00. The lowest BCUT2D eigenvalue weighted by Gasteiger charge is -2.16. The van der Waals surface area contributed by atoms with E-state index in [0.717, 1.165) is 31.0 Å². The van der Waals surface area contributed by atoms with Gasteiger partial charge >= 0.3 is 18.0 Å². The third-order valence-electron chi connectivity index (χ3n) is 6.67. The molecule has 2 amide bonds. The Balaban J connectivity index is 1.28. The number of fused-ring (bicyclic) bond motifs is 1. The average molecular weight is 618 g/mol. The summed E-state index contributed by atoms with van der Waals surface area (Å²) >= 11 is 5.57. The van der Waals surface area contributed by atoms with Gasteiger partial charge in [0.05, 0.1) is 34.4 Å². The van der Waals surface area contributed by atoms with Crippen LogP contribution in [0.3, 0.4) is 0 Å². The highest BCUT2D eigenvalue weighted by Crippen LogP contribution is 2.39. The Labute approximate surface area is 247 Å². The molecule has 1 fully saturated rings. The van der Waals surface area contributed by atoms with Crippen LogP contribution in [0.4, 0.5) is 40.3 Å². The number of alkyl halides is 3. The van der Waals surface area contributed by atoms with Gasteiger partial charge in [-0.3, -0.25) is 14.6 Å². The molecule has 0 aliphatic heterocycles. The normalized spacial score (nSPS) is 13.7. The van der Waals surface area contributed by atoms with Crippen LogP contribution in [0.15, 0.2) is 60.8 Å². The van der Waals surface area contributed by atoms with Crippen molar-refractivity contribution in [3.05, 3.63) is 77.2 Å². The number of carbonyl (C=O) groups is 2. The second kappa shape index (κ2) is 11.6. The third kappa shape index (κ3) is 6.89. The molecule has 0 saturated heterocycles. The standard InChI is InChI=1S/C29H24ClF4N5O4/c1-42-24-12-17-21(6-9-36-23(17)13-25(24)43-14-28(35)7-8-28)39-22-5-3-16(11-20(22)31)38-27(41)26(40)37-15-2-4-19(30)18(10-15)29(32,33)34/h2-6,9-13H,7-8,14,35H2,1H3,(H,36,39)(H,37,40)(H,38,41). The van der Waals surface area contributed by atoms with Crippen molar-refractivity contribution < 1.29 is 36.6 Å². The lowest BCUT2D eigenvalue weighted by molar-refractivity contribution is -0.137. The molecule has 43 heavy (non-hydrogen) atoms. The number of methoxy groups -OCH3 is 1. The number of benzene rings is 3. The van der Waals surface area contributed by atoms with Gasteiger partial charge in [-0.1, -0.05) is 11.6 Å². The maximum atomic E-state index is 15.1. The number of nitrogens with two attached hydrogens (primary N) is 1. The number of aromatic nitrogens is 1. The summed E-state index contributed by atoms with van der Waals surface area (Å²) in [4.78, 5) is 29.0. The number of nitrogens with one attached hydrogen (secondary N) is 3. The number of pyridine rings is 1. The molecule has 5 N–H and O–H groups in total. The number of ether oxygens (including phenoxy) is 2. The summed E-state index contributed by atoms with van der Waals surface area (Å²) in [5.41, 5.74) is 5.36. The first kappa shape index (κ1) is 29.9. The highest BCUT2D eigenvalue weighted by atomic mass is 35.5. The molecule has 5 rings (SSSR count). The minimum Gasteiger partial charge on any atom is -0.493 e. The molecule has 1 saturated carbocycles. The molecular formula is C29H24ClF4N5O4. The van der Waals surface area contributed by atoms with Gasteiger partial charge in [0, 0.05) is 34.7 Å². The van der Waals surface area contributed by atoms with Gasteiger partial charge < -0.3 is 31.2 Å². The number of nitrogens with zero attached hydrogens (tertiary/aromatic N) is 1. The first-order valence-electron chi connectivity index (χ1n) is 12.8. The Kier molecular flexibility index (Phi) is 8.04. The van der Waals surface area contributed by atoms with E-state index >= 15 is 4.39 Å². The van der Waals surface area contributed by atoms with Gasteiger partial charge in [-0.05, 0) is 61.4 Å². The second-order valence-corrected chi connectivity index (χ2v) is 10.4. The van der Waals surface area contributed by atoms with E-state index in [-0.39, 0.29) is 22.6 Å². The van der Waals surface area contributed by atoms with Crippen molar-refractivity contribution in [3.8, 4) is 11.5 Å². The van der Waals surface area contributed by atoms with E-state index in [1.54, 1.807) is 18.2 Å². The molecular weight excluding hydrogens is 594 g/mol. The Bertz CT molecular complexity index is 1730. The van der Waals surface area contributed by atoms with Crippen molar-refractivity contribution >= 4 is 57.1 Å². The van der Waals surface area contributed by atoms with E-state index in [0.29, 0.717) is 40.8 Å². The summed E-state index contributed by atoms with van der Waals surface area (Å²) in [5, 5.41) is 7.31. The number of halogens is 5. The predicted molar refractivity (Wildman–Crippen MR) is 153 cm³/mol. The quantitative estimate of drug-likeness (QED) is 0.136. The molecule has 224 valence electrons. The maximum absolute atomic E-state index is 15.1. The average Bonchev–Trinajstić information content (AvgIpc) is 3.70. The minimum atomic E-state index is -4.76. The van der Waals surface area contributed by atoms with Crippen molar-refractivity contribution in [2.24, 2.45) is 5.73 Å². The number of anilines is 4. The fourth-order valence-electron chi connectivity index (χ4n) is 4.10. The van der Waals surface area contributed by atoms with Crippen molar-refractivity contribution in [2.45, 2.75) is 24.6 Å². The van der Waals surface area contributed by atoms with Crippen LogP contribution in [0.25, 0.3) is 10.9 Å². The van der Waals surface area contributed by atoms with Crippen LogP contribution in [-0.2, 0) is 15.8 Å². The Morgan fingerprint density at radius 1 is 0.977 bits per heavy atom. The first-order chi connectivity index (χ1) is 20.3. The summed E-state index contributed by atoms with van der Waals surface area (Å²) < 4.78 is 65.6. The fourth-order valence-corrected chi connectivity index (χ4v) is 4.32. The SMILES string of the molecule is COc1cc2c(Nc3ccc(NC(=O)C(=O)Nc4ccc(Cl)c(C(F)(F)F)c4)cc3F)ccnc2cc1OCC1(N)CC1. The lowest BCUT2D eigenvalue weighted by Crippen LogP contribution is -2.29. The van der Waals surface area contributed by atoms with Crippen LogP contribution in [-0.4, -0.2) is 36.1 Å². The van der Waals surface area contributed by atoms with Crippen LogP contribution in [0.2, 0.25) is 5.02 Å². The zero-order chi connectivity index (χ0) is 30.9. The monoisotopic (exact) mass is 617 g/mol. The predicted octanol–water partition coefficient (Wildman–Crippen LogP) is 6.25. The van der Waals surface area contributed by atoms with Crippen LogP contribution < -0.4 is 31.2 Å². The summed E-state index contributed by atoms with van der Waals surface area (Å²) in [6, 6.07) is 11.4. The second-order valence-electron chi connectivity index (χ2n) is 9.95. The Morgan fingerprint density at radius 3 is 2.28 bits per heavy atom. The highest BCUT2D eigenvalue weighted by molar-refractivity contribution is 6.43. The molecule has 0 unspecified atom stereocenters. The largest absolute Gasteiger partial charge is 0.493 e. The molecule has 1 aliphatic carbocycles. The smallest absolute Gasteiger partial charge is 0.417 e. The van der Waals surface area contributed by atoms with Crippen LogP contribution in [0, 0.1) is 5.82 Å². The Morgan fingerprint density at radius 2 is 1.65 bits per heavy atom. The van der Waals surface area contributed by atoms with Gasteiger partial charge in [-0.25, -0.2) is 4.39 Å². The van der Waals surface area contributed by atoms with E-state index < -0.39 is 34.4 Å². The molecule has 1 aromatic heterocycles. The van der Waals surface area contributed by atoms with Crippen molar-refractivity contribution in [1.29, 1.82) is 0 Å². The summed E-state index contributed by atoms with van der Waals surface area (Å²) in [5.74, 6) is -2.34. The lowest BCUT2D eigenvalue weighted by atomic mass is 10.1. The number of carbonyl (C=O) groups excluding carboxylic acids is 2. The minimum absolute atomic E-state index is 0.0499. The van der Waals surface area contributed by atoms with Gasteiger partial charge in [0.1, 0.15) is 12.4 Å². The summed E-state index contributed by atoms with van der Waals surface area (Å²) in [6.45, 7) is 0.336. The number of rotatable bonds is 8. The van der Waals surface area contributed by atoms with Gasteiger partial charge in [0.2, 0.25) is 0 Å². The van der Waals surface area contributed by atoms with E-state index in [9.17, 15) is 22.8 Å². The van der Waals surface area contributed by atoms with Crippen LogP contribution in [0.1, 0.15) is 18.4 Å². The molecule has 0 bridgehead atoms. The van der Waals surface area contributed by atoms with Crippen LogP contribution in [0.5, 0.6) is 11.5 Å². The van der Waals surface area contributed by atoms with Crippen LogP contribution >= 0.6 is 11.6 Å². The molecule has 4 aromatic rings. The van der Waals surface area contributed by atoms with Crippen molar-refractivity contribution in [3.63, 3.8) is 0 Å². The molecule has 1 heterocycles. The molecule has 3 aromatic carbocycles.